The maximum absolute atomic E-state index is 11.3. The zero-order chi connectivity index (χ0) is 14.9. The van der Waals surface area contributed by atoms with Crippen LogP contribution in [0.15, 0.2) is 18.2 Å². The van der Waals surface area contributed by atoms with Crippen LogP contribution in [0.1, 0.15) is 43.0 Å². The normalized spacial score (nSPS) is 13.1. The lowest BCUT2D eigenvalue weighted by Crippen LogP contribution is -2.21. The van der Waals surface area contributed by atoms with E-state index in [4.69, 9.17) is 0 Å². The number of imidazole rings is 1. The van der Waals surface area contributed by atoms with Gasteiger partial charge in [0.15, 0.2) is 0 Å². The minimum atomic E-state index is -0.979. The van der Waals surface area contributed by atoms with Gasteiger partial charge in [0.05, 0.1) is 23.7 Å². The Kier molecular flexibility index (Phi) is 4.09. The van der Waals surface area contributed by atoms with E-state index in [0.29, 0.717) is 11.9 Å². The summed E-state index contributed by atoms with van der Waals surface area (Å²) in [7, 11) is 0. The van der Waals surface area contributed by atoms with Crippen LogP contribution >= 0.6 is 0 Å². The van der Waals surface area contributed by atoms with Crippen molar-refractivity contribution >= 4 is 17.0 Å². The largest absolute Gasteiger partial charge is 0.478 e. The van der Waals surface area contributed by atoms with Gasteiger partial charge in [-0.3, -0.25) is 0 Å². The number of hydrogen-bond donors (Lipinski definition) is 2. The molecule has 0 aliphatic rings. The fraction of sp³-hybridized carbons (Fsp3) is 0.467. The molecule has 2 aromatic rings. The summed E-state index contributed by atoms with van der Waals surface area (Å²) in [6.07, 6.45) is 0.691. The van der Waals surface area contributed by atoms with E-state index in [1.54, 1.807) is 12.1 Å². The molecule has 1 heterocycles. The number of hydrogen-bond acceptors (Lipinski definition) is 3. The van der Waals surface area contributed by atoms with E-state index in [1.165, 1.54) is 0 Å². The number of carbonyl (C=O) groups is 1. The van der Waals surface area contributed by atoms with E-state index >= 15 is 0 Å². The summed E-state index contributed by atoms with van der Waals surface area (Å²) in [5.41, 5.74) is 1.47. The number of nitrogens with zero attached hydrogens (tertiary/aromatic N) is 2. The zero-order valence-electron chi connectivity index (χ0n) is 12.0. The number of para-hydroxylation sites is 1. The van der Waals surface area contributed by atoms with Crippen LogP contribution in [-0.2, 0) is 6.42 Å². The highest BCUT2D eigenvalue weighted by molar-refractivity contribution is 6.01. The summed E-state index contributed by atoms with van der Waals surface area (Å²) < 4.78 is 1.98. The van der Waals surface area contributed by atoms with E-state index in [9.17, 15) is 15.0 Å². The van der Waals surface area contributed by atoms with Gasteiger partial charge in [-0.05, 0) is 18.1 Å². The Morgan fingerprint density at radius 1 is 1.40 bits per heavy atom. The molecule has 5 heteroatoms. The molecule has 0 saturated heterocycles. The predicted octanol–water partition coefficient (Wildman–Crippen LogP) is 2.49. The quantitative estimate of drug-likeness (QED) is 0.879. The molecule has 5 nitrogen and oxygen atoms in total. The molecule has 1 atom stereocenters. The molecule has 20 heavy (non-hydrogen) atoms. The Hall–Kier alpha value is -1.88. The number of aryl methyl sites for hydroxylation is 1. The molecule has 0 bridgehead atoms. The third kappa shape index (κ3) is 2.29. The highest BCUT2D eigenvalue weighted by Crippen LogP contribution is 2.28. The van der Waals surface area contributed by atoms with Gasteiger partial charge in [-0.1, -0.05) is 26.8 Å². The Labute approximate surface area is 117 Å². The van der Waals surface area contributed by atoms with Gasteiger partial charge in [0.1, 0.15) is 11.3 Å². The minimum absolute atomic E-state index is 0.00737. The van der Waals surface area contributed by atoms with Gasteiger partial charge in [-0.25, -0.2) is 9.78 Å². The first-order valence-electron chi connectivity index (χ1n) is 6.85. The molecule has 0 saturated carbocycles. The fourth-order valence-electron chi connectivity index (χ4n) is 2.55. The summed E-state index contributed by atoms with van der Waals surface area (Å²) in [5, 5.41) is 18.9. The van der Waals surface area contributed by atoms with Gasteiger partial charge >= 0.3 is 5.97 Å². The summed E-state index contributed by atoms with van der Waals surface area (Å²) >= 11 is 0. The first-order valence-corrected chi connectivity index (χ1v) is 6.85. The van der Waals surface area contributed by atoms with Crippen LogP contribution in [0, 0.1) is 5.92 Å². The second kappa shape index (κ2) is 5.63. The predicted molar refractivity (Wildman–Crippen MR) is 77.0 cm³/mol. The third-order valence-electron chi connectivity index (χ3n) is 3.63. The molecule has 0 spiro atoms. The first-order chi connectivity index (χ1) is 9.51. The molecule has 0 aliphatic heterocycles. The van der Waals surface area contributed by atoms with Crippen molar-refractivity contribution in [3.63, 3.8) is 0 Å². The van der Waals surface area contributed by atoms with Gasteiger partial charge in [-0.15, -0.1) is 0 Å². The van der Waals surface area contributed by atoms with E-state index < -0.39 is 5.97 Å². The molecule has 0 unspecified atom stereocenters. The lowest BCUT2D eigenvalue weighted by Gasteiger charge is -2.23. The second-order valence-electron chi connectivity index (χ2n) is 5.22. The van der Waals surface area contributed by atoms with Crippen molar-refractivity contribution in [3.8, 4) is 0 Å². The number of aromatic nitrogens is 2. The summed E-state index contributed by atoms with van der Waals surface area (Å²) in [4.78, 5) is 15.8. The summed E-state index contributed by atoms with van der Waals surface area (Å²) in [6.45, 7) is 6.06. The average molecular weight is 276 g/mol. The minimum Gasteiger partial charge on any atom is -0.478 e. The third-order valence-corrected chi connectivity index (χ3v) is 3.63. The highest BCUT2D eigenvalue weighted by Gasteiger charge is 2.22. The first kappa shape index (κ1) is 14.5. The van der Waals surface area contributed by atoms with Crippen molar-refractivity contribution < 1.29 is 15.0 Å². The van der Waals surface area contributed by atoms with Crippen LogP contribution in [-0.4, -0.2) is 32.3 Å². The molecular weight excluding hydrogens is 256 g/mol. The van der Waals surface area contributed by atoms with Crippen LogP contribution in [0.4, 0.5) is 0 Å². The van der Waals surface area contributed by atoms with Crippen LogP contribution in [0.3, 0.4) is 0 Å². The Bertz CT molecular complexity index is 631. The number of benzene rings is 1. The molecule has 0 radical (unpaired) electrons. The SMILES string of the molecule is CCc1nc2c(C(=O)O)cccc2n1[C@@H](CO)C(C)C. The van der Waals surface area contributed by atoms with Crippen LogP contribution in [0.25, 0.3) is 11.0 Å². The topological polar surface area (TPSA) is 75.3 Å². The molecule has 1 aromatic carbocycles. The van der Waals surface area contributed by atoms with Crippen molar-refractivity contribution in [1.82, 2.24) is 9.55 Å². The maximum atomic E-state index is 11.3. The fourth-order valence-corrected chi connectivity index (χ4v) is 2.55. The van der Waals surface area contributed by atoms with Crippen LogP contribution in [0.5, 0.6) is 0 Å². The number of fused-ring (bicyclic) bond motifs is 1. The second-order valence-corrected chi connectivity index (χ2v) is 5.22. The van der Waals surface area contributed by atoms with Gasteiger partial charge in [0.25, 0.3) is 0 Å². The van der Waals surface area contributed by atoms with E-state index in [1.807, 2.05) is 31.4 Å². The monoisotopic (exact) mass is 276 g/mol. The van der Waals surface area contributed by atoms with Gasteiger partial charge in [0, 0.05) is 6.42 Å². The zero-order valence-corrected chi connectivity index (χ0v) is 12.0. The number of rotatable bonds is 5. The molecule has 2 N–H and O–H groups in total. The molecule has 2 rings (SSSR count). The maximum Gasteiger partial charge on any atom is 0.337 e. The Morgan fingerprint density at radius 2 is 2.10 bits per heavy atom. The molecule has 0 fully saturated rings. The number of carboxylic acids is 1. The average Bonchev–Trinajstić information content (AvgIpc) is 2.77. The Balaban J connectivity index is 2.76. The molecular formula is C15H20N2O3. The summed E-state index contributed by atoms with van der Waals surface area (Å²) in [6, 6.07) is 5.04. The number of aliphatic hydroxyl groups is 1. The smallest absolute Gasteiger partial charge is 0.337 e. The standard InChI is InChI=1S/C15H20N2O3/c1-4-13-16-14-10(15(19)20)6-5-7-11(14)17(13)12(8-18)9(2)3/h5-7,9,12,18H,4,8H2,1-3H3,(H,19,20)/t12-/m0/s1. The molecule has 1 aromatic heterocycles. The van der Waals surface area contributed by atoms with Gasteiger partial charge in [0.2, 0.25) is 0 Å². The molecule has 0 amide bonds. The van der Waals surface area contributed by atoms with E-state index in [2.05, 4.69) is 4.98 Å². The summed E-state index contributed by atoms with van der Waals surface area (Å²) in [5.74, 6) is 0.0608. The Morgan fingerprint density at radius 3 is 2.60 bits per heavy atom. The molecule has 108 valence electrons. The van der Waals surface area contributed by atoms with Crippen molar-refractivity contribution in [2.75, 3.05) is 6.61 Å². The van der Waals surface area contributed by atoms with Crippen LogP contribution in [0.2, 0.25) is 0 Å². The van der Waals surface area contributed by atoms with Crippen molar-refractivity contribution in [1.29, 1.82) is 0 Å². The van der Waals surface area contributed by atoms with Crippen molar-refractivity contribution in [2.45, 2.75) is 33.2 Å². The van der Waals surface area contributed by atoms with Crippen LogP contribution < -0.4 is 0 Å². The van der Waals surface area contributed by atoms with Crippen molar-refractivity contribution in [2.24, 2.45) is 5.92 Å². The molecule has 0 aliphatic carbocycles. The van der Waals surface area contributed by atoms with Gasteiger partial charge < -0.3 is 14.8 Å². The van der Waals surface area contributed by atoms with Crippen molar-refractivity contribution in [3.05, 3.63) is 29.6 Å². The van der Waals surface area contributed by atoms with E-state index in [-0.39, 0.29) is 24.1 Å². The lowest BCUT2D eigenvalue weighted by molar-refractivity contribution is 0.0699. The lowest BCUT2D eigenvalue weighted by atomic mass is 10.0. The van der Waals surface area contributed by atoms with Gasteiger partial charge in [-0.2, -0.15) is 0 Å². The number of aromatic carboxylic acids is 1. The van der Waals surface area contributed by atoms with E-state index in [0.717, 1.165) is 11.3 Å². The number of aliphatic hydroxyl groups excluding tert-OH is 1. The highest BCUT2D eigenvalue weighted by atomic mass is 16.4. The number of carboxylic acid groups (broad SMARTS) is 1.